The molecular formula is C19H32O5S. The molecule has 0 aromatic rings. The number of carbonyl (C=O) groups excluding carboxylic acids is 1. The molecule has 0 radical (unpaired) electrons. The zero-order chi connectivity index (χ0) is 18.7. The van der Waals surface area contributed by atoms with Crippen LogP contribution in [0.15, 0.2) is 12.2 Å². The summed E-state index contributed by atoms with van der Waals surface area (Å²) in [7, 11) is 0. The van der Waals surface area contributed by atoms with Crippen LogP contribution in [0.3, 0.4) is 0 Å². The Balaban J connectivity index is 2.39. The fraction of sp³-hybridized carbons (Fsp3) is 0.789. The monoisotopic (exact) mass is 372 g/mol. The molecule has 1 fully saturated rings. The second kappa shape index (κ2) is 12.5. The van der Waals surface area contributed by atoms with Crippen LogP contribution in [0.2, 0.25) is 0 Å². The minimum Gasteiger partial charge on any atom is -0.481 e. The first-order valence-corrected chi connectivity index (χ1v) is 9.98. The standard InChI is InChI=1S/C19H32O5S/c20-14(7-5-6-12-25)10-11-16-15(17(21)13-18(16)22)8-3-1-2-4-9-19(23)24/h10-11,14-16,18,20,22,25H,1-9,12-13H2,(H,23,24)/b11-10+/t14?,15-,16-,18-/m1/s1. The van der Waals surface area contributed by atoms with E-state index in [1.165, 1.54) is 0 Å². The number of unbranched alkanes of at least 4 members (excludes halogenated alkanes) is 4. The summed E-state index contributed by atoms with van der Waals surface area (Å²) in [5.41, 5.74) is 0. The second-order valence-corrected chi connectivity index (χ2v) is 7.39. The molecule has 0 aromatic carbocycles. The minimum absolute atomic E-state index is 0.0947. The summed E-state index contributed by atoms with van der Waals surface area (Å²) in [6.45, 7) is 0. The first kappa shape index (κ1) is 22.2. The molecule has 1 rings (SSSR count). The highest BCUT2D eigenvalue weighted by Gasteiger charge is 2.39. The topological polar surface area (TPSA) is 94.8 Å². The number of carboxylic acid groups (broad SMARTS) is 1. The molecule has 5 nitrogen and oxygen atoms in total. The zero-order valence-electron chi connectivity index (χ0n) is 14.8. The molecule has 0 spiro atoms. The van der Waals surface area contributed by atoms with Crippen LogP contribution >= 0.6 is 12.6 Å². The number of Topliss-reactive ketones (excluding diaryl/α,β-unsaturated/α-hetero) is 1. The van der Waals surface area contributed by atoms with E-state index in [9.17, 15) is 19.8 Å². The number of aliphatic hydroxyl groups excluding tert-OH is 2. The summed E-state index contributed by atoms with van der Waals surface area (Å²) in [4.78, 5) is 22.6. The lowest BCUT2D eigenvalue weighted by atomic mass is 9.88. The maximum atomic E-state index is 12.1. The number of carbonyl (C=O) groups is 2. The van der Waals surface area contributed by atoms with Crippen LogP contribution in [0.25, 0.3) is 0 Å². The molecule has 3 N–H and O–H groups in total. The number of hydrogen-bond acceptors (Lipinski definition) is 5. The van der Waals surface area contributed by atoms with Crippen molar-refractivity contribution in [2.45, 2.75) is 76.4 Å². The van der Waals surface area contributed by atoms with E-state index in [2.05, 4.69) is 12.6 Å². The molecule has 1 aliphatic carbocycles. The number of rotatable bonds is 13. The van der Waals surface area contributed by atoms with Crippen LogP contribution in [0, 0.1) is 11.8 Å². The van der Waals surface area contributed by atoms with Gasteiger partial charge in [0.25, 0.3) is 0 Å². The summed E-state index contributed by atoms with van der Waals surface area (Å²) in [5.74, 6) is -0.272. The quantitative estimate of drug-likeness (QED) is 0.226. The Kier molecular flexibility index (Phi) is 11.1. The lowest BCUT2D eigenvalue weighted by molar-refractivity contribution is -0.137. The van der Waals surface area contributed by atoms with Crippen LogP contribution in [0.1, 0.15) is 64.2 Å². The van der Waals surface area contributed by atoms with Gasteiger partial charge < -0.3 is 15.3 Å². The molecule has 144 valence electrons. The molecule has 4 atom stereocenters. The Bertz CT molecular complexity index is 438. The summed E-state index contributed by atoms with van der Waals surface area (Å²) < 4.78 is 0. The summed E-state index contributed by atoms with van der Waals surface area (Å²) in [6, 6.07) is 0. The number of thiol groups is 1. The van der Waals surface area contributed by atoms with Gasteiger partial charge in [-0.25, -0.2) is 0 Å². The third-order valence-corrected chi connectivity index (χ3v) is 5.17. The molecule has 0 bridgehead atoms. The van der Waals surface area contributed by atoms with Crippen LogP contribution in [0.4, 0.5) is 0 Å². The predicted molar refractivity (Wildman–Crippen MR) is 101 cm³/mol. The van der Waals surface area contributed by atoms with Crippen molar-refractivity contribution in [3.05, 3.63) is 12.2 Å². The van der Waals surface area contributed by atoms with Crippen LogP contribution < -0.4 is 0 Å². The van der Waals surface area contributed by atoms with Crippen LogP contribution in [0.5, 0.6) is 0 Å². The van der Waals surface area contributed by atoms with Gasteiger partial charge in [0, 0.05) is 24.7 Å². The SMILES string of the molecule is O=C(O)CCCCCC[C@H]1C(=O)C[C@@H](O)[C@@H]1/C=C/C(O)CCCCS. The van der Waals surface area contributed by atoms with Gasteiger partial charge in [0.2, 0.25) is 0 Å². The van der Waals surface area contributed by atoms with E-state index in [-0.39, 0.29) is 30.5 Å². The fourth-order valence-corrected chi connectivity index (χ4v) is 3.63. The Morgan fingerprint density at radius 2 is 1.92 bits per heavy atom. The van der Waals surface area contributed by atoms with Gasteiger partial charge in [-0.15, -0.1) is 0 Å². The highest BCUT2D eigenvalue weighted by Crippen LogP contribution is 2.34. The Hall–Kier alpha value is -0.850. The number of ketones is 1. The molecule has 0 saturated heterocycles. The molecule has 0 aliphatic heterocycles. The van der Waals surface area contributed by atoms with Gasteiger partial charge in [0.05, 0.1) is 12.2 Å². The normalized spacial score (nSPS) is 24.9. The number of aliphatic carboxylic acids is 1. The highest BCUT2D eigenvalue weighted by molar-refractivity contribution is 7.80. The molecule has 0 heterocycles. The van der Waals surface area contributed by atoms with Crippen molar-refractivity contribution in [2.24, 2.45) is 11.8 Å². The highest BCUT2D eigenvalue weighted by atomic mass is 32.1. The van der Waals surface area contributed by atoms with Crippen molar-refractivity contribution >= 4 is 24.4 Å². The summed E-state index contributed by atoms with van der Waals surface area (Å²) in [5, 5.41) is 28.7. The molecule has 25 heavy (non-hydrogen) atoms. The Morgan fingerprint density at radius 3 is 2.60 bits per heavy atom. The van der Waals surface area contributed by atoms with Crippen molar-refractivity contribution in [3.63, 3.8) is 0 Å². The van der Waals surface area contributed by atoms with Gasteiger partial charge in [0.15, 0.2) is 0 Å². The first-order chi connectivity index (χ1) is 12.0. The van der Waals surface area contributed by atoms with Gasteiger partial charge in [-0.1, -0.05) is 31.4 Å². The molecule has 1 saturated carbocycles. The third-order valence-electron chi connectivity index (χ3n) is 4.85. The predicted octanol–water partition coefficient (Wildman–Crippen LogP) is 2.99. The molecule has 6 heteroatoms. The van der Waals surface area contributed by atoms with E-state index >= 15 is 0 Å². The van der Waals surface area contributed by atoms with E-state index in [0.29, 0.717) is 19.3 Å². The Labute approximate surface area is 155 Å². The van der Waals surface area contributed by atoms with Crippen LogP contribution in [-0.4, -0.2) is 45.0 Å². The van der Waals surface area contributed by atoms with Crippen molar-refractivity contribution < 1.29 is 24.9 Å². The Morgan fingerprint density at radius 1 is 1.20 bits per heavy atom. The van der Waals surface area contributed by atoms with E-state index in [1.54, 1.807) is 6.08 Å². The average molecular weight is 373 g/mol. The molecule has 1 unspecified atom stereocenters. The van der Waals surface area contributed by atoms with Gasteiger partial charge in [-0.05, 0) is 37.9 Å². The van der Waals surface area contributed by atoms with E-state index in [1.807, 2.05) is 6.08 Å². The van der Waals surface area contributed by atoms with Crippen molar-refractivity contribution in [3.8, 4) is 0 Å². The van der Waals surface area contributed by atoms with Crippen molar-refractivity contribution in [2.75, 3.05) is 5.75 Å². The molecular weight excluding hydrogens is 340 g/mol. The van der Waals surface area contributed by atoms with Crippen molar-refractivity contribution in [1.82, 2.24) is 0 Å². The van der Waals surface area contributed by atoms with Gasteiger partial charge in [-0.2, -0.15) is 12.6 Å². The summed E-state index contributed by atoms with van der Waals surface area (Å²) in [6.07, 6.45) is 9.23. The molecule has 0 aromatic heterocycles. The minimum atomic E-state index is -0.771. The van der Waals surface area contributed by atoms with E-state index < -0.39 is 18.2 Å². The van der Waals surface area contributed by atoms with Gasteiger partial charge in [0.1, 0.15) is 5.78 Å². The first-order valence-electron chi connectivity index (χ1n) is 9.35. The second-order valence-electron chi connectivity index (χ2n) is 6.94. The fourth-order valence-electron chi connectivity index (χ4n) is 3.40. The smallest absolute Gasteiger partial charge is 0.303 e. The third kappa shape index (κ3) is 8.88. The lowest BCUT2D eigenvalue weighted by Gasteiger charge is -2.18. The van der Waals surface area contributed by atoms with E-state index in [0.717, 1.165) is 37.9 Å². The lowest BCUT2D eigenvalue weighted by Crippen LogP contribution is -2.19. The maximum Gasteiger partial charge on any atom is 0.303 e. The van der Waals surface area contributed by atoms with Gasteiger partial charge >= 0.3 is 5.97 Å². The van der Waals surface area contributed by atoms with Gasteiger partial charge in [-0.3, -0.25) is 9.59 Å². The van der Waals surface area contributed by atoms with E-state index in [4.69, 9.17) is 5.11 Å². The molecule has 1 aliphatic rings. The maximum absolute atomic E-state index is 12.1. The number of aliphatic hydroxyl groups is 2. The van der Waals surface area contributed by atoms with Crippen LogP contribution in [-0.2, 0) is 9.59 Å². The zero-order valence-corrected chi connectivity index (χ0v) is 15.7. The average Bonchev–Trinajstić information content (AvgIpc) is 2.82. The number of carboxylic acids is 1. The molecule has 0 amide bonds. The number of hydrogen-bond donors (Lipinski definition) is 4. The largest absolute Gasteiger partial charge is 0.481 e. The summed E-state index contributed by atoms with van der Waals surface area (Å²) >= 11 is 4.14. The van der Waals surface area contributed by atoms with Crippen molar-refractivity contribution in [1.29, 1.82) is 0 Å².